The van der Waals surface area contributed by atoms with Gasteiger partial charge in [0, 0.05) is 11.2 Å². The van der Waals surface area contributed by atoms with Gasteiger partial charge in [0.1, 0.15) is 0 Å². The monoisotopic (exact) mass is 419 g/mol. The van der Waals surface area contributed by atoms with Crippen molar-refractivity contribution in [2.24, 2.45) is 0 Å². The predicted octanol–water partition coefficient (Wildman–Crippen LogP) is 2.88. The lowest BCUT2D eigenvalue weighted by Gasteiger charge is -2.36. The Kier molecular flexibility index (Phi) is 5.68. The molecule has 0 bridgehead atoms. The highest BCUT2D eigenvalue weighted by Crippen LogP contribution is 2.31. The zero-order chi connectivity index (χ0) is 19.6. The molecule has 2 unspecified atom stereocenters. The van der Waals surface area contributed by atoms with Crippen molar-refractivity contribution in [3.05, 3.63) is 47.0 Å². The summed E-state index contributed by atoms with van der Waals surface area (Å²) in [5, 5.41) is 3.25. The molecule has 0 amide bonds. The fraction of sp³-hybridized carbons (Fsp3) is 0.312. The highest BCUT2D eigenvalue weighted by molar-refractivity contribution is 7.84. The van der Waals surface area contributed by atoms with E-state index < -0.39 is 28.9 Å². The molecule has 0 saturated heterocycles. The lowest BCUT2D eigenvalue weighted by Crippen LogP contribution is -2.54. The summed E-state index contributed by atoms with van der Waals surface area (Å²) in [7, 11) is 0.791. The van der Waals surface area contributed by atoms with E-state index in [0.29, 0.717) is 16.1 Å². The van der Waals surface area contributed by atoms with Crippen molar-refractivity contribution in [3.8, 4) is 0 Å². The SMILES string of the molecule is COC1=C(OC)C(CS(=O)c2nc3ccc(Cl)cc3[nH]2)(OC(F)F)NC=C1. The summed E-state index contributed by atoms with van der Waals surface area (Å²) in [4.78, 5) is 7.11. The Morgan fingerprint density at radius 1 is 1.33 bits per heavy atom. The van der Waals surface area contributed by atoms with Crippen molar-refractivity contribution in [1.82, 2.24) is 15.3 Å². The minimum Gasteiger partial charge on any atom is -0.493 e. The number of hydrogen-bond acceptors (Lipinski definition) is 6. The molecule has 1 aliphatic heterocycles. The van der Waals surface area contributed by atoms with Gasteiger partial charge < -0.3 is 19.8 Å². The summed E-state index contributed by atoms with van der Waals surface area (Å²) < 4.78 is 54.3. The van der Waals surface area contributed by atoms with Crippen LogP contribution in [-0.4, -0.2) is 46.5 Å². The van der Waals surface area contributed by atoms with Crippen LogP contribution in [0.25, 0.3) is 11.0 Å². The number of benzene rings is 1. The molecule has 2 aromatic rings. The van der Waals surface area contributed by atoms with Gasteiger partial charge in [0.2, 0.25) is 5.72 Å². The van der Waals surface area contributed by atoms with Gasteiger partial charge in [-0.05, 0) is 24.3 Å². The molecule has 0 saturated carbocycles. The van der Waals surface area contributed by atoms with Gasteiger partial charge >= 0.3 is 6.61 Å². The highest BCUT2D eigenvalue weighted by Gasteiger charge is 2.45. The molecule has 11 heteroatoms. The predicted molar refractivity (Wildman–Crippen MR) is 95.5 cm³/mol. The maximum Gasteiger partial charge on any atom is 0.347 e. The summed E-state index contributed by atoms with van der Waals surface area (Å²) in [6, 6.07) is 4.93. The van der Waals surface area contributed by atoms with Gasteiger partial charge in [-0.1, -0.05) is 11.6 Å². The lowest BCUT2D eigenvalue weighted by atomic mass is 10.1. The molecule has 7 nitrogen and oxygen atoms in total. The number of aromatic nitrogens is 2. The van der Waals surface area contributed by atoms with Gasteiger partial charge in [-0.15, -0.1) is 0 Å². The quantitative estimate of drug-likeness (QED) is 0.717. The summed E-state index contributed by atoms with van der Waals surface area (Å²) in [6.07, 6.45) is 2.84. The third-order valence-electron chi connectivity index (χ3n) is 3.83. The van der Waals surface area contributed by atoms with Crippen LogP contribution in [0, 0.1) is 0 Å². The van der Waals surface area contributed by atoms with E-state index in [0.717, 1.165) is 0 Å². The van der Waals surface area contributed by atoms with E-state index in [-0.39, 0.29) is 16.7 Å². The zero-order valence-electron chi connectivity index (χ0n) is 14.3. The van der Waals surface area contributed by atoms with Crippen molar-refractivity contribution in [2.45, 2.75) is 17.5 Å². The Labute approximate surface area is 160 Å². The number of nitrogens with one attached hydrogen (secondary N) is 2. The van der Waals surface area contributed by atoms with E-state index >= 15 is 0 Å². The number of rotatable bonds is 7. The molecule has 3 rings (SSSR count). The second-order valence-corrected chi connectivity index (χ2v) is 7.28. The van der Waals surface area contributed by atoms with Gasteiger partial charge in [0.15, 0.2) is 16.7 Å². The Bertz CT molecular complexity index is 934. The maximum atomic E-state index is 13.1. The number of alkyl halides is 2. The average molecular weight is 420 g/mol. The normalized spacial score (nSPS) is 20.8. The topological polar surface area (TPSA) is 85.5 Å². The van der Waals surface area contributed by atoms with Crippen LogP contribution >= 0.6 is 11.6 Å². The van der Waals surface area contributed by atoms with Crippen LogP contribution in [0.2, 0.25) is 5.02 Å². The summed E-state index contributed by atoms with van der Waals surface area (Å²) in [5.74, 6) is -0.295. The van der Waals surface area contributed by atoms with Crippen molar-refractivity contribution >= 4 is 33.4 Å². The molecule has 1 aliphatic rings. The Morgan fingerprint density at radius 3 is 2.78 bits per heavy atom. The molecule has 0 fully saturated rings. The Morgan fingerprint density at radius 2 is 2.11 bits per heavy atom. The Balaban J connectivity index is 1.97. The number of fused-ring (bicyclic) bond motifs is 1. The first kappa shape index (κ1) is 19.6. The molecule has 0 aliphatic carbocycles. The second kappa shape index (κ2) is 7.83. The fourth-order valence-corrected chi connectivity index (χ4v) is 4.10. The number of imidazole rings is 1. The standard InChI is InChI=1S/C16H16ClF2N3O4S/c1-24-12-5-6-20-16(13(12)25-2,26-14(18)19)8-27(23)15-21-10-4-3-9(17)7-11(10)22-15/h3-7,14,20H,8H2,1-2H3,(H,21,22). The number of dihydropyridines is 1. The van der Waals surface area contributed by atoms with Crippen LogP contribution in [0.3, 0.4) is 0 Å². The molecule has 2 atom stereocenters. The molecule has 2 N–H and O–H groups in total. The number of allylic oxidation sites excluding steroid dienone is 1. The van der Waals surface area contributed by atoms with Crippen LogP contribution in [0.4, 0.5) is 8.78 Å². The van der Waals surface area contributed by atoms with Crippen LogP contribution in [0.1, 0.15) is 0 Å². The number of nitrogens with zero attached hydrogens (tertiary/aromatic N) is 1. The van der Waals surface area contributed by atoms with Crippen molar-refractivity contribution < 1.29 is 27.2 Å². The molecule has 146 valence electrons. The van der Waals surface area contributed by atoms with Gasteiger partial charge in [-0.25, -0.2) is 4.98 Å². The number of ether oxygens (including phenoxy) is 3. The van der Waals surface area contributed by atoms with Crippen LogP contribution in [0.5, 0.6) is 0 Å². The van der Waals surface area contributed by atoms with Gasteiger partial charge in [-0.2, -0.15) is 8.78 Å². The Hall–Kier alpha value is -2.17. The third-order valence-corrected chi connectivity index (χ3v) is 5.36. The summed E-state index contributed by atoms with van der Waals surface area (Å²) in [5.41, 5.74) is -0.778. The van der Waals surface area contributed by atoms with E-state index in [9.17, 15) is 13.0 Å². The zero-order valence-corrected chi connectivity index (χ0v) is 15.9. The second-order valence-electron chi connectivity index (χ2n) is 5.48. The molecule has 27 heavy (non-hydrogen) atoms. The van der Waals surface area contributed by atoms with E-state index in [1.54, 1.807) is 18.2 Å². The number of aromatic amines is 1. The molecule has 2 heterocycles. The van der Waals surface area contributed by atoms with Gasteiger partial charge in [0.05, 0.1) is 41.8 Å². The minimum atomic E-state index is -3.15. The molecule has 0 radical (unpaired) electrons. The third kappa shape index (κ3) is 3.92. The van der Waals surface area contributed by atoms with Crippen molar-refractivity contribution in [2.75, 3.05) is 20.0 Å². The molecule has 0 spiro atoms. The van der Waals surface area contributed by atoms with Crippen LogP contribution in [-0.2, 0) is 25.0 Å². The first-order valence-corrected chi connectivity index (χ1v) is 9.35. The van der Waals surface area contributed by atoms with Crippen LogP contribution in [0.15, 0.2) is 47.1 Å². The highest BCUT2D eigenvalue weighted by atomic mass is 35.5. The average Bonchev–Trinajstić information content (AvgIpc) is 3.04. The van der Waals surface area contributed by atoms with E-state index in [1.165, 1.54) is 26.5 Å². The summed E-state index contributed by atoms with van der Waals surface area (Å²) >= 11 is 5.93. The van der Waals surface area contributed by atoms with E-state index in [1.807, 2.05) is 0 Å². The largest absolute Gasteiger partial charge is 0.493 e. The molecular formula is C16H16ClF2N3O4S. The minimum absolute atomic E-state index is 0.0553. The fourth-order valence-electron chi connectivity index (χ4n) is 2.72. The smallest absolute Gasteiger partial charge is 0.347 e. The first-order valence-electron chi connectivity index (χ1n) is 7.65. The number of hydrogen-bond donors (Lipinski definition) is 2. The van der Waals surface area contributed by atoms with Crippen LogP contribution < -0.4 is 5.32 Å². The molecule has 1 aromatic carbocycles. The first-order chi connectivity index (χ1) is 12.9. The van der Waals surface area contributed by atoms with E-state index in [4.69, 9.17) is 25.8 Å². The molecule has 1 aromatic heterocycles. The van der Waals surface area contributed by atoms with Crippen molar-refractivity contribution in [1.29, 1.82) is 0 Å². The summed E-state index contributed by atoms with van der Waals surface area (Å²) in [6.45, 7) is -3.15. The van der Waals surface area contributed by atoms with Gasteiger partial charge in [0.25, 0.3) is 0 Å². The number of methoxy groups -OCH3 is 2. The maximum absolute atomic E-state index is 13.1. The number of H-pyrrole nitrogens is 1. The lowest BCUT2D eigenvalue weighted by molar-refractivity contribution is -0.207. The van der Waals surface area contributed by atoms with Crippen molar-refractivity contribution in [3.63, 3.8) is 0 Å². The molecular weight excluding hydrogens is 404 g/mol. The van der Waals surface area contributed by atoms with E-state index in [2.05, 4.69) is 15.3 Å². The number of halogens is 3. The van der Waals surface area contributed by atoms with Gasteiger partial charge in [-0.3, -0.25) is 8.95 Å².